The predicted molar refractivity (Wildman–Crippen MR) is 75.6 cm³/mol. The molecule has 0 bridgehead atoms. The van der Waals surface area contributed by atoms with E-state index in [1.54, 1.807) is 0 Å². The van der Waals surface area contributed by atoms with E-state index in [1.807, 2.05) is 0 Å². The van der Waals surface area contributed by atoms with Crippen molar-refractivity contribution in [3.63, 3.8) is 0 Å². The quantitative estimate of drug-likeness (QED) is 0.560. The van der Waals surface area contributed by atoms with Crippen molar-refractivity contribution in [3.05, 3.63) is 0 Å². The molecule has 0 saturated heterocycles. The van der Waals surface area contributed by atoms with Crippen LogP contribution in [-0.2, 0) is 4.79 Å². The molecule has 1 rings (SSSR count). The third-order valence-corrected chi connectivity index (χ3v) is 4.14. The number of carbonyl (C=O) groups excluding carboxylic acids is 1. The van der Waals surface area contributed by atoms with Gasteiger partial charge in [-0.05, 0) is 25.7 Å². The van der Waals surface area contributed by atoms with Gasteiger partial charge in [0, 0.05) is 18.9 Å². The summed E-state index contributed by atoms with van der Waals surface area (Å²) in [6.45, 7) is 0.347. The second-order valence-corrected chi connectivity index (χ2v) is 5.75. The van der Waals surface area contributed by atoms with Crippen LogP contribution in [0.4, 0.5) is 0 Å². The zero-order chi connectivity index (χ0) is 13.1. The molecule has 0 unspecified atom stereocenters. The average molecular weight is 254 g/mol. The highest BCUT2D eigenvalue weighted by atomic mass is 16.2. The normalized spacial score (nSPS) is 19.6. The lowest BCUT2D eigenvalue weighted by molar-refractivity contribution is -0.120. The van der Waals surface area contributed by atoms with Gasteiger partial charge in [0.1, 0.15) is 5.78 Å². The van der Waals surface area contributed by atoms with Gasteiger partial charge in [-0.3, -0.25) is 4.79 Å². The highest BCUT2D eigenvalue weighted by Crippen LogP contribution is 2.26. The zero-order valence-electron chi connectivity index (χ0n) is 11.8. The molecule has 1 fully saturated rings. The van der Waals surface area contributed by atoms with Crippen molar-refractivity contribution in [2.24, 2.45) is 5.92 Å². The lowest BCUT2D eigenvalue weighted by Gasteiger charge is -2.07. The van der Waals surface area contributed by atoms with E-state index in [9.17, 15) is 4.79 Å². The Kier molecular flexibility index (Phi) is 9.19. The predicted octanol–water partition coefficient (Wildman–Crippen LogP) is 4.25. The molecule has 18 heavy (non-hydrogen) atoms. The number of hydrogen-bond donors (Lipinski definition) is 1. The Morgan fingerprint density at radius 1 is 0.889 bits per heavy atom. The first kappa shape index (κ1) is 15.7. The zero-order valence-corrected chi connectivity index (χ0v) is 11.8. The molecule has 1 saturated carbocycles. The summed E-state index contributed by atoms with van der Waals surface area (Å²) < 4.78 is 0. The average Bonchev–Trinajstić information content (AvgIpc) is 2.77. The molecule has 2 nitrogen and oxygen atoms in total. The fourth-order valence-corrected chi connectivity index (χ4v) is 2.93. The molecule has 0 aromatic rings. The SMILES string of the molecule is O=C1CCC[C@H]1CCCCCCCCCCCO. The van der Waals surface area contributed by atoms with Gasteiger partial charge in [-0.15, -0.1) is 0 Å². The summed E-state index contributed by atoms with van der Waals surface area (Å²) in [6.07, 6.45) is 15.6. The highest BCUT2D eigenvalue weighted by molar-refractivity contribution is 5.82. The van der Waals surface area contributed by atoms with Gasteiger partial charge in [-0.25, -0.2) is 0 Å². The van der Waals surface area contributed by atoms with Crippen LogP contribution in [0.5, 0.6) is 0 Å². The maximum atomic E-state index is 11.4. The Morgan fingerprint density at radius 3 is 1.94 bits per heavy atom. The van der Waals surface area contributed by atoms with E-state index < -0.39 is 0 Å². The van der Waals surface area contributed by atoms with Crippen LogP contribution < -0.4 is 0 Å². The molecule has 1 N–H and O–H groups in total. The molecule has 0 aliphatic heterocycles. The topological polar surface area (TPSA) is 37.3 Å². The van der Waals surface area contributed by atoms with Crippen LogP contribution in [0.15, 0.2) is 0 Å². The van der Waals surface area contributed by atoms with Gasteiger partial charge < -0.3 is 5.11 Å². The van der Waals surface area contributed by atoms with Gasteiger partial charge in [0.2, 0.25) is 0 Å². The lowest BCUT2D eigenvalue weighted by Crippen LogP contribution is -2.05. The maximum absolute atomic E-state index is 11.4. The third-order valence-electron chi connectivity index (χ3n) is 4.14. The van der Waals surface area contributed by atoms with Crippen molar-refractivity contribution in [3.8, 4) is 0 Å². The molecule has 0 heterocycles. The number of ketones is 1. The van der Waals surface area contributed by atoms with Crippen molar-refractivity contribution in [2.45, 2.75) is 83.5 Å². The fourth-order valence-electron chi connectivity index (χ4n) is 2.93. The number of aliphatic hydroxyl groups excluding tert-OH is 1. The number of rotatable bonds is 11. The van der Waals surface area contributed by atoms with E-state index in [4.69, 9.17) is 5.11 Å². The van der Waals surface area contributed by atoms with Crippen LogP contribution in [0.25, 0.3) is 0 Å². The molecule has 0 amide bonds. The fraction of sp³-hybridized carbons (Fsp3) is 0.938. The van der Waals surface area contributed by atoms with E-state index in [-0.39, 0.29) is 0 Å². The van der Waals surface area contributed by atoms with Gasteiger partial charge in [0.15, 0.2) is 0 Å². The van der Waals surface area contributed by atoms with Crippen LogP contribution >= 0.6 is 0 Å². The van der Waals surface area contributed by atoms with Crippen molar-refractivity contribution in [2.75, 3.05) is 6.61 Å². The molecule has 106 valence electrons. The second-order valence-electron chi connectivity index (χ2n) is 5.75. The third kappa shape index (κ3) is 7.15. The molecular weight excluding hydrogens is 224 g/mol. The minimum atomic E-state index is 0.347. The molecule has 0 aromatic carbocycles. The summed E-state index contributed by atoms with van der Waals surface area (Å²) >= 11 is 0. The van der Waals surface area contributed by atoms with E-state index in [1.165, 1.54) is 51.4 Å². The Bertz CT molecular complexity index is 213. The smallest absolute Gasteiger partial charge is 0.135 e. The van der Waals surface area contributed by atoms with Crippen molar-refractivity contribution >= 4 is 5.78 Å². The van der Waals surface area contributed by atoms with Crippen LogP contribution in [0, 0.1) is 5.92 Å². The minimum absolute atomic E-state index is 0.347. The molecule has 0 aromatic heterocycles. The van der Waals surface area contributed by atoms with Crippen LogP contribution in [0.3, 0.4) is 0 Å². The van der Waals surface area contributed by atoms with Gasteiger partial charge >= 0.3 is 0 Å². The van der Waals surface area contributed by atoms with E-state index >= 15 is 0 Å². The first-order valence-corrected chi connectivity index (χ1v) is 7.98. The van der Waals surface area contributed by atoms with Crippen LogP contribution in [0.2, 0.25) is 0 Å². The summed E-state index contributed by atoms with van der Waals surface area (Å²) in [5.41, 5.74) is 0. The van der Waals surface area contributed by atoms with Gasteiger partial charge in [0.05, 0.1) is 0 Å². The molecule has 1 aliphatic rings. The van der Waals surface area contributed by atoms with Gasteiger partial charge in [0.25, 0.3) is 0 Å². The highest BCUT2D eigenvalue weighted by Gasteiger charge is 2.23. The van der Waals surface area contributed by atoms with Gasteiger partial charge in [-0.2, -0.15) is 0 Å². The molecule has 2 heteroatoms. The summed E-state index contributed by atoms with van der Waals surface area (Å²) in [5.74, 6) is 0.947. The standard InChI is InChI=1S/C16H30O2/c17-14-9-7-5-3-1-2-4-6-8-11-15-12-10-13-16(15)18/h15,17H,1-14H2/t15-/m1/s1. The summed E-state index contributed by atoms with van der Waals surface area (Å²) in [5, 5.41) is 8.65. The van der Waals surface area contributed by atoms with Gasteiger partial charge in [-0.1, -0.05) is 51.4 Å². The summed E-state index contributed by atoms with van der Waals surface area (Å²) in [4.78, 5) is 11.4. The van der Waals surface area contributed by atoms with E-state index in [2.05, 4.69) is 0 Å². The molecule has 0 radical (unpaired) electrons. The number of hydrogen-bond acceptors (Lipinski definition) is 2. The lowest BCUT2D eigenvalue weighted by atomic mass is 9.98. The Hall–Kier alpha value is -0.370. The van der Waals surface area contributed by atoms with Crippen molar-refractivity contribution in [1.82, 2.24) is 0 Å². The monoisotopic (exact) mass is 254 g/mol. The van der Waals surface area contributed by atoms with Crippen LogP contribution in [0.1, 0.15) is 83.5 Å². The minimum Gasteiger partial charge on any atom is -0.396 e. The molecule has 0 spiro atoms. The Labute approximate surface area is 112 Å². The van der Waals surface area contributed by atoms with E-state index in [0.29, 0.717) is 18.3 Å². The van der Waals surface area contributed by atoms with Crippen molar-refractivity contribution in [1.29, 1.82) is 0 Å². The molecular formula is C16H30O2. The number of aliphatic hydroxyl groups is 1. The van der Waals surface area contributed by atoms with E-state index in [0.717, 1.165) is 32.1 Å². The first-order chi connectivity index (χ1) is 8.84. The largest absolute Gasteiger partial charge is 0.396 e. The maximum Gasteiger partial charge on any atom is 0.135 e. The molecule has 1 aliphatic carbocycles. The van der Waals surface area contributed by atoms with Crippen LogP contribution in [-0.4, -0.2) is 17.5 Å². The second kappa shape index (κ2) is 10.5. The Balaban J connectivity index is 1.77. The van der Waals surface area contributed by atoms with Crippen molar-refractivity contribution < 1.29 is 9.90 Å². The number of unbranched alkanes of at least 4 members (excludes halogenated alkanes) is 8. The summed E-state index contributed by atoms with van der Waals surface area (Å²) in [6, 6.07) is 0. The molecule has 1 atom stereocenters. The first-order valence-electron chi connectivity index (χ1n) is 7.98. The Morgan fingerprint density at radius 2 is 1.44 bits per heavy atom. The number of carbonyl (C=O) groups is 1. The number of Topliss-reactive ketones (excluding diaryl/α,β-unsaturated/α-hetero) is 1. The summed E-state index contributed by atoms with van der Waals surface area (Å²) in [7, 11) is 0.